The number of halogens is 2. The van der Waals surface area contributed by atoms with Crippen LogP contribution in [0.2, 0.25) is 5.02 Å². The Kier molecular flexibility index (Phi) is 6.09. The molecule has 3 aliphatic rings. The van der Waals surface area contributed by atoms with Crippen LogP contribution in [-0.2, 0) is 4.79 Å². The van der Waals surface area contributed by atoms with Crippen molar-refractivity contribution in [2.45, 2.75) is 56.2 Å². The van der Waals surface area contributed by atoms with Gasteiger partial charge in [0, 0.05) is 17.8 Å². The van der Waals surface area contributed by atoms with E-state index < -0.39 is 28.9 Å². The average Bonchev–Trinajstić information content (AvgIpc) is 2.76. The lowest BCUT2D eigenvalue weighted by molar-refractivity contribution is -0.132. The summed E-state index contributed by atoms with van der Waals surface area (Å²) in [4.78, 5) is 29.3. The first-order chi connectivity index (χ1) is 15.2. The lowest BCUT2D eigenvalue weighted by atomic mass is 9.60. The molecule has 0 spiro atoms. The number of rotatable bonds is 6. The molecule has 1 atom stereocenters. The third-order valence-electron chi connectivity index (χ3n) is 6.49. The second-order valence-electron chi connectivity index (χ2n) is 8.74. The number of aromatic nitrogens is 1. The number of hydrogen-bond acceptors (Lipinski definition) is 5. The van der Waals surface area contributed by atoms with Gasteiger partial charge in [0.15, 0.2) is 6.61 Å². The molecule has 9 heteroatoms. The zero-order chi connectivity index (χ0) is 22.9. The minimum absolute atomic E-state index is 0.0260. The number of benzene rings is 1. The van der Waals surface area contributed by atoms with Crippen LogP contribution < -0.4 is 15.4 Å². The lowest BCUT2D eigenvalue weighted by Crippen LogP contribution is -2.70. The van der Waals surface area contributed by atoms with Crippen LogP contribution in [0.3, 0.4) is 0 Å². The highest BCUT2D eigenvalue weighted by atomic mass is 35.5. The van der Waals surface area contributed by atoms with Gasteiger partial charge in [-0.25, -0.2) is 4.39 Å². The van der Waals surface area contributed by atoms with Crippen LogP contribution >= 0.6 is 11.6 Å². The number of aliphatic hydroxyl groups excluding tert-OH is 1. The van der Waals surface area contributed by atoms with E-state index >= 15 is 0 Å². The molecule has 3 saturated carbocycles. The number of carbonyl (C=O) groups excluding carboxylic acids is 2. The molecule has 2 bridgehead atoms. The van der Waals surface area contributed by atoms with Crippen molar-refractivity contribution in [3.63, 3.8) is 0 Å². The first kappa shape index (κ1) is 22.5. The number of aryl methyl sites for hydroxylation is 1. The minimum atomic E-state index is -0.812. The van der Waals surface area contributed by atoms with Crippen molar-refractivity contribution in [3.05, 3.63) is 58.6 Å². The van der Waals surface area contributed by atoms with Crippen LogP contribution in [0.25, 0.3) is 0 Å². The molecule has 0 unspecified atom stereocenters. The van der Waals surface area contributed by atoms with Crippen molar-refractivity contribution >= 4 is 23.4 Å². The molecule has 170 valence electrons. The summed E-state index contributed by atoms with van der Waals surface area (Å²) >= 11 is 5.65. The van der Waals surface area contributed by atoms with Crippen LogP contribution in [0.15, 0.2) is 36.5 Å². The summed E-state index contributed by atoms with van der Waals surface area (Å²) in [5, 5.41) is 16.8. The van der Waals surface area contributed by atoms with Gasteiger partial charge in [0.25, 0.3) is 11.8 Å². The molecule has 3 aliphatic carbocycles. The van der Waals surface area contributed by atoms with Gasteiger partial charge in [-0.05, 0) is 62.8 Å². The van der Waals surface area contributed by atoms with E-state index in [1.54, 1.807) is 12.3 Å². The van der Waals surface area contributed by atoms with Crippen molar-refractivity contribution in [2.75, 3.05) is 6.61 Å². The third kappa shape index (κ3) is 4.56. The molecule has 1 aromatic heterocycles. The van der Waals surface area contributed by atoms with E-state index in [0.717, 1.165) is 11.6 Å². The van der Waals surface area contributed by atoms with Gasteiger partial charge < -0.3 is 20.5 Å². The van der Waals surface area contributed by atoms with E-state index in [-0.39, 0.29) is 23.3 Å². The van der Waals surface area contributed by atoms with Crippen LogP contribution in [0.1, 0.15) is 48.2 Å². The van der Waals surface area contributed by atoms with Crippen LogP contribution in [0.4, 0.5) is 4.39 Å². The SMILES string of the molecule is Cc1ccc(C(=O)NC23CCC(NC(=O)COc4ccc(Cl)c(F)c4)(CC2)[C@@H](O)C3)nc1. The van der Waals surface area contributed by atoms with Gasteiger partial charge in [-0.2, -0.15) is 0 Å². The molecule has 0 aliphatic heterocycles. The summed E-state index contributed by atoms with van der Waals surface area (Å²) in [5.74, 6) is -1.10. The maximum atomic E-state index is 13.5. The second kappa shape index (κ2) is 8.67. The normalized spacial score (nSPS) is 26.4. The van der Waals surface area contributed by atoms with Gasteiger partial charge in [0.1, 0.15) is 17.3 Å². The molecule has 32 heavy (non-hydrogen) atoms. The van der Waals surface area contributed by atoms with Crippen molar-refractivity contribution < 1.29 is 23.8 Å². The Morgan fingerprint density at radius 1 is 1.22 bits per heavy atom. The Labute approximate surface area is 190 Å². The number of fused-ring (bicyclic) bond motifs is 3. The fourth-order valence-electron chi connectivity index (χ4n) is 4.60. The third-order valence-corrected chi connectivity index (χ3v) is 6.80. The highest BCUT2D eigenvalue weighted by molar-refractivity contribution is 6.30. The molecule has 3 N–H and O–H groups in total. The van der Waals surface area contributed by atoms with Gasteiger partial charge in [0.2, 0.25) is 0 Å². The van der Waals surface area contributed by atoms with Gasteiger partial charge in [-0.3, -0.25) is 14.6 Å². The summed E-state index contributed by atoms with van der Waals surface area (Å²) in [6.07, 6.45) is 3.48. The van der Waals surface area contributed by atoms with Gasteiger partial charge in [-0.15, -0.1) is 0 Å². The number of nitrogens with zero attached hydrogens (tertiary/aromatic N) is 1. The zero-order valence-electron chi connectivity index (χ0n) is 17.7. The molecule has 1 aromatic carbocycles. The Morgan fingerprint density at radius 2 is 1.97 bits per heavy atom. The number of nitrogens with one attached hydrogen (secondary N) is 2. The fraction of sp³-hybridized carbons (Fsp3) is 0.435. The Balaban J connectivity index is 1.34. The maximum absolute atomic E-state index is 13.5. The highest BCUT2D eigenvalue weighted by Crippen LogP contribution is 2.47. The highest BCUT2D eigenvalue weighted by Gasteiger charge is 2.55. The monoisotopic (exact) mass is 461 g/mol. The molecule has 2 aromatic rings. The number of hydrogen-bond donors (Lipinski definition) is 3. The quantitative estimate of drug-likeness (QED) is 0.614. The van der Waals surface area contributed by atoms with Crippen molar-refractivity contribution in [2.24, 2.45) is 0 Å². The Morgan fingerprint density at radius 3 is 2.59 bits per heavy atom. The lowest BCUT2D eigenvalue weighted by Gasteiger charge is -2.56. The van der Waals surface area contributed by atoms with Crippen LogP contribution in [-0.4, -0.2) is 45.7 Å². The molecular weight excluding hydrogens is 437 g/mol. The molecule has 1 heterocycles. The van der Waals surface area contributed by atoms with E-state index in [0.29, 0.717) is 37.8 Å². The number of amides is 2. The summed E-state index contributed by atoms with van der Waals surface area (Å²) in [6, 6.07) is 7.46. The van der Waals surface area contributed by atoms with Crippen molar-refractivity contribution in [1.29, 1.82) is 0 Å². The average molecular weight is 462 g/mol. The molecule has 0 saturated heterocycles. The molecule has 7 nitrogen and oxygen atoms in total. The van der Waals surface area contributed by atoms with Crippen molar-refractivity contribution in [3.8, 4) is 5.75 Å². The van der Waals surface area contributed by atoms with Gasteiger partial charge >= 0.3 is 0 Å². The van der Waals surface area contributed by atoms with E-state index in [2.05, 4.69) is 15.6 Å². The molecule has 0 radical (unpaired) electrons. The number of aliphatic hydroxyl groups is 1. The summed E-state index contributed by atoms with van der Waals surface area (Å²) in [7, 11) is 0. The Hall–Kier alpha value is -2.71. The summed E-state index contributed by atoms with van der Waals surface area (Å²) < 4.78 is 18.9. The molecule has 5 rings (SSSR count). The van der Waals surface area contributed by atoms with E-state index in [4.69, 9.17) is 16.3 Å². The number of pyridine rings is 1. The van der Waals surface area contributed by atoms with Crippen molar-refractivity contribution in [1.82, 2.24) is 15.6 Å². The van der Waals surface area contributed by atoms with E-state index in [9.17, 15) is 19.1 Å². The first-order valence-corrected chi connectivity index (χ1v) is 10.9. The molecule has 2 amide bonds. The summed E-state index contributed by atoms with van der Waals surface area (Å²) in [5.41, 5.74) is 0.0230. The van der Waals surface area contributed by atoms with Gasteiger partial charge in [0.05, 0.1) is 16.7 Å². The number of carbonyl (C=O) groups is 2. The second-order valence-corrected chi connectivity index (χ2v) is 9.15. The standard InChI is InChI=1S/C23H25ClFN3O4/c1-14-2-5-18(26-12-14)21(31)28-22-6-8-23(9-7-22,19(29)11-22)27-20(30)13-32-15-3-4-16(24)17(25)10-15/h2-5,10,12,19,29H,6-9,11,13H2,1H3,(H,27,30)(H,28,31)/t19-,22?,23?/m0/s1. The largest absolute Gasteiger partial charge is 0.484 e. The number of ether oxygens (including phenoxy) is 1. The minimum Gasteiger partial charge on any atom is -0.484 e. The van der Waals surface area contributed by atoms with Gasteiger partial charge in [-0.1, -0.05) is 17.7 Å². The van der Waals surface area contributed by atoms with Crippen LogP contribution in [0, 0.1) is 12.7 Å². The maximum Gasteiger partial charge on any atom is 0.270 e. The molecule has 3 fully saturated rings. The van der Waals surface area contributed by atoms with Crippen LogP contribution in [0.5, 0.6) is 5.75 Å². The topological polar surface area (TPSA) is 101 Å². The smallest absolute Gasteiger partial charge is 0.270 e. The molecular formula is C23H25ClFN3O4. The summed E-state index contributed by atoms with van der Waals surface area (Å²) in [6.45, 7) is 1.59. The van der Waals surface area contributed by atoms with E-state index in [1.807, 2.05) is 13.0 Å². The fourth-order valence-corrected chi connectivity index (χ4v) is 4.72. The first-order valence-electron chi connectivity index (χ1n) is 10.5. The predicted molar refractivity (Wildman–Crippen MR) is 116 cm³/mol. The predicted octanol–water partition coefficient (Wildman–Crippen LogP) is 2.92. The van der Waals surface area contributed by atoms with E-state index in [1.165, 1.54) is 12.1 Å². The zero-order valence-corrected chi connectivity index (χ0v) is 18.4. The Bertz CT molecular complexity index is 1020.